The second kappa shape index (κ2) is 3.29. The van der Waals surface area contributed by atoms with Gasteiger partial charge in [0.15, 0.2) is 23.3 Å². The molecular weight excluding hydrogens is 195 g/mol. The summed E-state index contributed by atoms with van der Waals surface area (Å²) in [5, 5.41) is 8.18. The number of halogens is 5. The van der Waals surface area contributed by atoms with E-state index in [2.05, 4.69) is 0 Å². The quantitative estimate of drug-likeness (QED) is 0.416. The Bertz CT molecular complexity index is 336. The topological polar surface area (TPSA) is 20.2 Å². The van der Waals surface area contributed by atoms with Crippen molar-refractivity contribution < 1.29 is 27.1 Å². The second-order valence-electron chi connectivity index (χ2n) is 2.23. The van der Waals surface area contributed by atoms with Gasteiger partial charge in [-0.2, -0.15) is 0 Å². The Morgan fingerprint density at radius 3 is 2.00 bits per heavy atom. The molecule has 1 aromatic carbocycles. The molecule has 1 rings (SSSR count). The molecule has 13 heavy (non-hydrogen) atoms. The molecule has 0 saturated carbocycles. The molecule has 0 amide bonds. The highest BCUT2D eigenvalue weighted by atomic mass is 19.2. The van der Waals surface area contributed by atoms with Crippen LogP contribution in [0.15, 0.2) is 6.07 Å². The van der Waals surface area contributed by atoms with Crippen LogP contribution in [0.5, 0.6) is 0 Å². The smallest absolute Gasteiger partial charge is 0.225 e. The van der Waals surface area contributed by atoms with E-state index in [1.165, 1.54) is 0 Å². The summed E-state index contributed by atoms with van der Waals surface area (Å²) < 4.78 is 61.5. The van der Waals surface area contributed by atoms with Crippen LogP contribution in [0.25, 0.3) is 0 Å². The molecular formula is C7H3F5O. The molecule has 1 aromatic rings. The van der Waals surface area contributed by atoms with Crippen LogP contribution in [-0.4, -0.2) is 5.11 Å². The van der Waals surface area contributed by atoms with E-state index in [0.29, 0.717) is 0 Å². The normalized spacial score (nSPS) is 13.1. The predicted molar refractivity (Wildman–Crippen MR) is 32.3 cm³/mol. The van der Waals surface area contributed by atoms with E-state index in [-0.39, 0.29) is 6.07 Å². The largest absolute Gasteiger partial charge is 0.360 e. The highest BCUT2D eigenvalue weighted by Gasteiger charge is 2.22. The molecule has 0 radical (unpaired) electrons. The molecule has 0 aliphatic heterocycles. The Labute approximate surface area is 69.4 Å². The van der Waals surface area contributed by atoms with Crippen molar-refractivity contribution >= 4 is 0 Å². The van der Waals surface area contributed by atoms with E-state index < -0.39 is 35.2 Å². The summed E-state index contributed by atoms with van der Waals surface area (Å²) >= 11 is 0. The molecule has 0 spiro atoms. The predicted octanol–water partition coefficient (Wildman–Crippen LogP) is 2.20. The van der Waals surface area contributed by atoms with Gasteiger partial charge in [-0.15, -0.1) is 0 Å². The highest BCUT2D eigenvalue weighted by Crippen LogP contribution is 2.24. The van der Waals surface area contributed by atoms with Crippen molar-refractivity contribution in [2.24, 2.45) is 0 Å². The maximum absolute atomic E-state index is 12.5. The highest BCUT2D eigenvalue weighted by molar-refractivity contribution is 5.22. The van der Waals surface area contributed by atoms with Gasteiger partial charge in [0.2, 0.25) is 6.36 Å². The molecule has 0 aromatic heterocycles. The van der Waals surface area contributed by atoms with E-state index in [4.69, 9.17) is 5.11 Å². The van der Waals surface area contributed by atoms with Gasteiger partial charge in [0, 0.05) is 0 Å². The first-order valence-electron chi connectivity index (χ1n) is 3.10. The molecule has 0 saturated heterocycles. The zero-order valence-corrected chi connectivity index (χ0v) is 5.99. The third-order valence-corrected chi connectivity index (χ3v) is 1.39. The number of hydrogen-bond donors (Lipinski definition) is 1. The van der Waals surface area contributed by atoms with Crippen LogP contribution in [0.1, 0.15) is 11.9 Å². The van der Waals surface area contributed by atoms with Crippen LogP contribution < -0.4 is 0 Å². The van der Waals surface area contributed by atoms with Crippen molar-refractivity contribution in [1.82, 2.24) is 0 Å². The van der Waals surface area contributed by atoms with Gasteiger partial charge in [-0.1, -0.05) is 0 Å². The summed E-state index contributed by atoms with van der Waals surface area (Å²) in [7, 11) is 0. The molecule has 1 nitrogen and oxygen atoms in total. The Balaban J connectivity index is 3.41. The molecule has 72 valence electrons. The molecule has 1 N–H and O–H groups in total. The summed E-state index contributed by atoms with van der Waals surface area (Å²) in [6.07, 6.45) is -2.88. The monoisotopic (exact) mass is 198 g/mol. The van der Waals surface area contributed by atoms with E-state index in [9.17, 15) is 22.0 Å². The van der Waals surface area contributed by atoms with Crippen molar-refractivity contribution in [3.8, 4) is 0 Å². The first kappa shape index (κ1) is 9.91. The fraction of sp³-hybridized carbons (Fsp3) is 0.143. The molecule has 0 fully saturated rings. The molecule has 0 bridgehead atoms. The van der Waals surface area contributed by atoms with Crippen LogP contribution >= 0.6 is 0 Å². The van der Waals surface area contributed by atoms with Gasteiger partial charge in [0.25, 0.3) is 0 Å². The minimum Gasteiger partial charge on any atom is -0.360 e. The van der Waals surface area contributed by atoms with Crippen LogP contribution in [0.2, 0.25) is 0 Å². The SMILES string of the molecule is OC(F)c1cc(F)c(F)c(F)c1F. The lowest BCUT2D eigenvalue weighted by Gasteiger charge is -2.05. The number of benzene rings is 1. The average molecular weight is 198 g/mol. The Morgan fingerprint density at radius 1 is 1.00 bits per heavy atom. The number of hydrogen-bond acceptors (Lipinski definition) is 1. The molecule has 1 unspecified atom stereocenters. The first-order valence-corrected chi connectivity index (χ1v) is 3.10. The van der Waals surface area contributed by atoms with Crippen LogP contribution in [-0.2, 0) is 0 Å². The van der Waals surface area contributed by atoms with Gasteiger partial charge in [-0.3, -0.25) is 0 Å². The Hall–Kier alpha value is -1.17. The van der Waals surface area contributed by atoms with Gasteiger partial charge < -0.3 is 5.11 Å². The van der Waals surface area contributed by atoms with Gasteiger partial charge in [-0.05, 0) is 6.07 Å². The van der Waals surface area contributed by atoms with Crippen LogP contribution in [0, 0.1) is 23.3 Å². The maximum atomic E-state index is 12.5. The number of rotatable bonds is 1. The summed E-state index contributed by atoms with van der Waals surface area (Å²) in [4.78, 5) is 0. The Kier molecular flexibility index (Phi) is 2.51. The number of aliphatic hydroxyl groups is 1. The summed E-state index contributed by atoms with van der Waals surface area (Å²) in [5.41, 5.74) is -1.27. The van der Waals surface area contributed by atoms with Crippen molar-refractivity contribution in [2.75, 3.05) is 0 Å². The van der Waals surface area contributed by atoms with E-state index in [1.54, 1.807) is 0 Å². The summed E-state index contributed by atoms with van der Waals surface area (Å²) in [6.45, 7) is 0. The number of aliphatic hydroxyl groups excluding tert-OH is 1. The molecule has 0 aliphatic carbocycles. The lowest BCUT2D eigenvalue weighted by atomic mass is 10.2. The average Bonchev–Trinajstić information content (AvgIpc) is 2.07. The lowest BCUT2D eigenvalue weighted by Crippen LogP contribution is -2.03. The third-order valence-electron chi connectivity index (χ3n) is 1.39. The maximum Gasteiger partial charge on any atom is 0.225 e. The van der Waals surface area contributed by atoms with Crippen molar-refractivity contribution in [1.29, 1.82) is 0 Å². The van der Waals surface area contributed by atoms with E-state index in [1.807, 2.05) is 0 Å². The molecule has 0 aliphatic rings. The fourth-order valence-electron chi connectivity index (χ4n) is 0.765. The standard InChI is InChI=1S/C7H3F5O/c8-3-1-2(7(12)13)4(9)6(11)5(3)10/h1,7,13H. The molecule has 0 heterocycles. The lowest BCUT2D eigenvalue weighted by molar-refractivity contribution is 0.0366. The van der Waals surface area contributed by atoms with Gasteiger partial charge in [0.05, 0.1) is 5.56 Å². The van der Waals surface area contributed by atoms with E-state index >= 15 is 0 Å². The molecule has 1 atom stereocenters. The van der Waals surface area contributed by atoms with Crippen molar-refractivity contribution in [3.63, 3.8) is 0 Å². The van der Waals surface area contributed by atoms with Gasteiger partial charge >= 0.3 is 0 Å². The van der Waals surface area contributed by atoms with E-state index in [0.717, 1.165) is 0 Å². The summed E-state index contributed by atoms with van der Waals surface area (Å²) in [5.74, 6) is -7.88. The first-order chi connectivity index (χ1) is 5.95. The van der Waals surface area contributed by atoms with Crippen molar-refractivity contribution in [2.45, 2.75) is 6.36 Å². The van der Waals surface area contributed by atoms with Crippen LogP contribution in [0.3, 0.4) is 0 Å². The zero-order valence-electron chi connectivity index (χ0n) is 5.99. The van der Waals surface area contributed by atoms with Gasteiger partial charge in [0.1, 0.15) is 0 Å². The summed E-state index contributed by atoms with van der Waals surface area (Å²) in [6, 6.07) is 0.0540. The fourth-order valence-corrected chi connectivity index (χ4v) is 0.765. The Morgan fingerprint density at radius 2 is 1.54 bits per heavy atom. The second-order valence-corrected chi connectivity index (χ2v) is 2.23. The zero-order chi connectivity index (χ0) is 10.2. The van der Waals surface area contributed by atoms with Crippen LogP contribution in [0.4, 0.5) is 22.0 Å². The molecule has 6 heteroatoms. The minimum absolute atomic E-state index is 0.0540. The van der Waals surface area contributed by atoms with Crippen molar-refractivity contribution in [3.05, 3.63) is 34.9 Å². The minimum atomic E-state index is -2.88. The third kappa shape index (κ3) is 1.62. The van der Waals surface area contributed by atoms with Gasteiger partial charge in [-0.25, -0.2) is 22.0 Å². The number of alkyl halides is 1.